The van der Waals surface area contributed by atoms with Gasteiger partial charge in [-0.25, -0.2) is 32.5 Å². The molecule has 36 heavy (non-hydrogen) atoms. The van der Waals surface area contributed by atoms with E-state index in [-0.39, 0.29) is 29.7 Å². The van der Waals surface area contributed by atoms with Gasteiger partial charge in [0.25, 0.3) is 0 Å². The molecule has 3 heterocycles. The summed E-state index contributed by atoms with van der Waals surface area (Å²) in [6.45, 7) is 0.276. The van der Waals surface area contributed by atoms with Gasteiger partial charge in [0, 0.05) is 36.4 Å². The largest absolute Gasteiger partial charge is 0.508 e. The summed E-state index contributed by atoms with van der Waals surface area (Å²) in [4.78, 5) is 14.1. The number of thiazole rings is 1. The van der Waals surface area contributed by atoms with Gasteiger partial charge in [0.2, 0.25) is 16.0 Å². The molecule has 10 nitrogen and oxygen atoms in total. The van der Waals surface area contributed by atoms with Crippen LogP contribution in [-0.4, -0.2) is 51.1 Å². The van der Waals surface area contributed by atoms with Crippen LogP contribution in [0.4, 0.5) is 10.3 Å². The zero-order valence-electron chi connectivity index (χ0n) is 18.5. The van der Waals surface area contributed by atoms with Crippen LogP contribution < -0.4 is 10.0 Å². The van der Waals surface area contributed by atoms with Crippen molar-refractivity contribution < 1.29 is 23.0 Å². The fourth-order valence-electron chi connectivity index (χ4n) is 3.54. The number of hydrogen-bond acceptors (Lipinski definition) is 9. The fourth-order valence-corrected chi connectivity index (χ4v) is 5.28. The summed E-state index contributed by atoms with van der Waals surface area (Å²) >= 11 is 1.42. The molecular weight excluding hydrogens is 507 g/mol. The maximum absolute atomic E-state index is 13.6. The quantitative estimate of drug-likeness (QED) is 0.225. The van der Waals surface area contributed by atoms with Crippen molar-refractivity contribution in [3.63, 3.8) is 0 Å². The number of imidazole rings is 1. The first-order valence-corrected chi connectivity index (χ1v) is 13.0. The molecule has 0 aliphatic carbocycles. The summed E-state index contributed by atoms with van der Waals surface area (Å²) < 4.78 is 42.7. The van der Waals surface area contributed by atoms with E-state index in [1.54, 1.807) is 12.3 Å². The van der Waals surface area contributed by atoms with Gasteiger partial charge in [-0.2, -0.15) is 0 Å². The van der Waals surface area contributed by atoms with E-state index in [2.05, 4.69) is 25.0 Å². The normalized spacial score (nSPS) is 11.7. The van der Waals surface area contributed by atoms with Crippen LogP contribution in [0.2, 0.25) is 0 Å². The van der Waals surface area contributed by atoms with Crippen LogP contribution >= 0.6 is 11.3 Å². The zero-order valence-corrected chi connectivity index (χ0v) is 20.1. The Morgan fingerprint density at radius 2 is 1.83 bits per heavy atom. The second kappa shape index (κ2) is 9.53. The van der Waals surface area contributed by atoms with Crippen LogP contribution in [0.25, 0.3) is 27.6 Å². The number of aromatic hydroxyl groups is 2. The van der Waals surface area contributed by atoms with Gasteiger partial charge in [-0.05, 0) is 48.5 Å². The van der Waals surface area contributed by atoms with E-state index in [1.807, 2.05) is 16.0 Å². The van der Waals surface area contributed by atoms with Crippen molar-refractivity contribution in [1.82, 2.24) is 24.1 Å². The molecule has 0 aliphatic rings. The Balaban J connectivity index is 1.35. The molecule has 184 valence electrons. The number of rotatable bonds is 8. The van der Waals surface area contributed by atoms with Crippen LogP contribution in [0.15, 0.2) is 71.2 Å². The number of nitrogens with one attached hydrogen (secondary N) is 2. The van der Waals surface area contributed by atoms with E-state index >= 15 is 0 Å². The highest BCUT2D eigenvalue weighted by Crippen LogP contribution is 2.35. The van der Waals surface area contributed by atoms with Gasteiger partial charge in [0.05, 0.1) is 16.3 Å². The summed E-state index contributed by atoms with van der Waals surface area (Å²) in [5.74, 6) is -0.954. The van der Waals surface area contributed by atoms with E-state index in [0.29, 0.717) is 27.6 Å². The van der Waals surface area contributed by atoms with Crippen molar-refractivity contribution in [2.24, 2.45) is 0 Å². The van der Waals surface area contributed by atoms with Gasteiger partial charge in [0.1, 0.15) is 11.4 Å². The Bertz CT molecular complexity index is 1650. The van der Waals surface area contributed by atoms with E-state index in [1.165, 1.54) is 53.8 Å². The maximum atomic E-state index is 13.6. The monoisotopic (exact) mass is 526 g/mol. The number of hydrogen-bond donors (Lipinski definition) is 4. The molecule has 0 bridgehead atoms. The fraction of sp³-hybridized carbons (Fsp3) is 0.0870. The van der Waals surface area contributed by atoms with Gasteiger partial charge in [-0.15, -0.1) is 11.3 Å². The first kappa shape index (κ1) is 23.7. The third kappa shape index (κ3) is 4.71. The third-order valence-electron chi connectivity index (χ3n) is 5.23. The highest BCUT2D eigenvalue weighted by Gasteiger charge is 2.19. The van der Waals surface area contributed by atoms with Gasteiger partial charge < -0.3 is 15.5 Å². The van der Waals surface area contributed by atoms with Gasteiger partial charge >= 0.3 is 0 Å². The molecule has 0 fully saturated rings. The number of benzene rings is 2. The molecule has 5 aromatic rings. The number of fused-ring (bicyclic) bond motifs is 1. The number of phenols is 2. The Labute approximate surface area is 208 Å². The van der Waals surface area contributed by atoms with Crippen molar-refractivity contribution in [3.8, 4) is 34.1 Å². The summed E-state index contributed by atoms with van der Waals surface area (Å²) in [6.07, 6.45) is 3.39. The molecule has 0 saturated heterocycles. The highest BCUT2D eigenvalue weighted by atomic mass is 32.2. The van der Waals surface area contributed by atoms with Gasteiger partial charge in [-0.1, -0.05) is 0 Å². The Hall–Kier alpha value is -4.07. The second-order valence-corrected chi connectivity index (χ2v) is 10.3. The van der Waals surface area contributed by atoms with Crippen molar-refractivity contribution >= 4 is 32.3 Å². The lowest BCUT2D eigenvalue weighted by atomic mass is 10.1. The summed E-state index contributed by atoms with van der Waals surface area (Å²) in [5.41, 5.74) is 2.21. The molecule has 0 saturated carbocycles. The number of aromatic nitrogens is 4. The molecule has 13 heteroatoms. The molecule has 0 atom stereocenters. The maximum Gasteiger partial charge on any atom is 0.240 e. The van der Waals surface area contributed by atoms with Gasteiger partial charge in [0.15, 0.2) is 16.5 Å². The predicted molar refractivity (Wildman–Crippen MR) is 133 cm³/mol. The molecule has 0 amide bonds. The first-order valence-electron chi connectivity index (χ1n) is 10.6. The van der Waals surface area contributed by atoms with Crippen molar-refractivity contribution in [2.45, 2.75) is 4.90 Å². The molecule has 2 aromatic carbocycles. The Morgan fingerprint density at radius 1 is 1.03 bits per heavy atom. The van der Waals surface area contributed by atoms with E-state index in [4.69, 9.17) is 0 Å². The first-order chi connectivity index (χ1) is 17.3. The summed E-state index contributed by atoms with van der Waals surface area (Å²) in [5, 5.41) is 24.1. The highest BCUT2D eigenvalue weighted by molar-refractivity contribution is 7.89. The minimum atomic E-state index is -3.74. The van der Waals surface area contributed by atoms with E-state index in [9.17, 15) is 23.0 Å². The average molecular weight is 527 g/mol. The SMILES string of the molecule is O=S(=O)(NCCNc1nccc(-c2c(-c3ccc(F)c(O)c3)nc3sccn23)n1)c1ccc(O)cc1. The lowest BCUT2D eigenvalue weighted by Gasteiger charge is -2.09. The predicted octanol–water partition coefficient (Wildman–Crippen LogP) is 3.46. The Kier molecular flexibility index (Phi) is 6.26. The van der Waals surface area contributed by atoms with Crippen LogP contribution in [0.1, 0.15) is 0 Å². The average Bonchev–Trinajstić information content (AvgIpc) is 3.46. The number of phenolic OH excluding ortho intramolecular Hbond substituents is 2. The zero-order chi connectivity index (χ0) is 25.3. The molecule has 3 aromatic heterocycles. The van der Waals surface area contributed by atoms with Crippen LogP contribution in [0.5, 0.6) is 11.5 Å². The summed E-state index contributed by atoms with van der Waals surface area (Å²) in [7, 11) is -3.74. The topological polar surface area (TPSA) is 142 Å². The molecule has 0 unspecified atom stereocenters. The van der Waals surface area contributed by atoms with Crippen LogP contribution in [-0.2, 0) is 10.0 Å². The third-order valence-corrected chi connectivity index (χ3v) is 7.46. The molecule has 0 aliphatic heterocycles. The second-order valence-electron chi connectivity index (χ2n) is 7.61. The number of sulfonamides is 1. The van der Waals surface area contributed by atoms with E-state index < -0.39 is 21.6 Å². The van der Waals surface area contributed by atoms with Crippen molar-refractivity contribution in [3.05, 3.63) is 72.1 Å². The molecule has 0 spiro atoms. The molecular formula is C23H19FN6O4S2. The van der Waals surface area contributed by atoms with Crippen LogP contribution in [0.3, 0.4) is 0 Å². The molecule has 5 rings (SSSR count). The molecule has 0 radical (unpaired) electrons. The lowest BCUT2D eigenvalue weighted by Crippen LogP contribution is -2.29. The minimum absolute atomic E-state index is 0.0232. The number of nitrogens with zero attached hydrogens (tertiary/aromatic N) is 4. The molecule has 4 N–H and O–H groups in total. The van der Waals surface area contributed by atoms with Crippen LogP contribution in [0, 0.1) is 5.82 Å². The number of halogens is 1. The number of anilines is 1. The van der Waals surface area contributed by atoms with Crippen molar-refractivity contribution in [2.75, 3.05) is 18.4 Å². The smallest absolute Gasteiger partial charge is 0.240 e. The Morgan fingerprint density at radius 3 is 2.61 bits per heavy atom. The van der Waals surface area contributed by atoms with E-state index in [0.717, 1.165) is 0 Å². The summed E-state index contributed by atoms with van der Waals surface area (Å²) in [6, 6.07) is 10.9. The minimum Gasteiger partial charge on any atom is -0.508 e. The van der Waals surface area contributed by atoms with Crippen molar-refractivity contribution in [1.29, 1.82) is 0 Å². The lowest BCUT2D eigenvalue weighted by molar-refractivity contribution is 0.432. The van der Waals surface area contributed by atoms with Gasteiger partial charge in [-0.3, -0.25) is 4.40 Å². The standard InChI is InChI=1S/C23H19FN6O4S2/c24-17-6-1-14(13-19(17)32)20-21(30-11-12-35-23(30)29-20)18-7-8-25-22(28-18)26-9-10-27-36(33,34)16-4-2-15(31)3-5-16/h1-8,11-13,27,31-32H,9-10H2,(H,25,26,28).